The molecule has 0 heterocycles. The molecular weight excluding hydrogens is 347 g/mol. The Morgan fingerprint density at radius 3 is 2.26 bits per heavy atom. The Morgan fingerprint density at radius 2 is 1.79 bits per heavy atom. The lowest BCUT2D eigenvalue weighted by Crippen LogP contribution is -2.09. The number of hydrogen-bond donors (Lipinski definition) is 0. The molecule has 0 radical (unpaired) electrons. The third kappa shape index (κ3) is 4.54. The van der Waals surface area contributed by atoms with Crippen LogP contribution in [0.1, 0.15) is 50.5 Å². The fraction of sp³-hybridized carbons (Fsp3) is 0.600. The van der Waals surface area contributed by atoms with E-state index in [2.05, 4.69) is 29.8 Å². The van der Waals surface area contributed by atoms with Crippen molar-refractivity contribution in [1.82, 2.24) is 0 Å². The molecule has 1 atom stereocenters. The molecule has 0 amide bonds. The summed E-state index contributed by atoms with van der Waals surface area (Å²) in [5.74, 6) is 1.25. The van der Waals surface area contributed by atoms with Crippen molar-refractivity contribution in [2.75, 3.05) is 7.11 Å². The maximum Gasteiger partial charge on any atom is 0.137 e. The van der Waals surface area contributed by atoms with Gasteiger partial charge in [-0.1, -0.05) is 38.3 Å². The van der Waals surface area contributed by atoms with Gasteiger partial charge in [-0.3, -0.25) is 0 Å². The average Bonchev–Trinajstić information content (AvgIpc) is 2.37. The van der Waals surface area contributed by atoms with Crippen LogP contribution in [-0.2, 0) is 0 Å². The zero-order chi connectivity index (χ0) is 14.4. The van der Waals surface area contributed by atoms with E-state index in [0.29, 0.717) is 10.9 Å². The predicted molar refractivity (Wildman–Crippen MR) is 87.6 cm³/mol. The van der Waals surface area contributed by atoms with Gasteiger partial charge in [0.25, 0.3) is 0 Å². The number of benzene rings is 1. The molecule has 0 spiro atoms. The van der Waals surface area contributed by atoms with Crippen LogP contribution in [0.3, 0.4) is 0 Å². The molecule has 0 fully saturated rings. The first-order valence-corrected chi connectivity index (χ1v) is 8.32. The molecule has 0 aliphatic heterocycles. The first-order valence-electron chi connectivity index (χ1n) is 6.72. The molecule has 1 rings (SSSR count). The lowest BCUT2D eigenvalue weighted by molar-refractivity contribution is 0.386. The molecule has 0 aliphatic carbocycles. The Kier molecular flexibility index (Phi) is 7.56. The van der Waals surface area contributed by atoms with E-state index in [4.69, 9.17) is 27.9 Å². The molecule has 108 valence electrons. The summed E-state index contributed by atoms with van der Waals surface area (Å²) in [4.78, 5) is 0. The van der Waals surface area contributed by atoms with Crippen molar-refractivity contribution >= 4 is 39.1 Å². The van der Waals surface area contributed by atoms with Crippen LogP contribution in [-0.4, -0.2) is 7.11 Å². The Morgan fingerprint density at radius 1 is 1.21 bits per heavy atom. The van der Waals surface area contributed by atoms with Crippen LogP contribution in [0.4, 0.5) is 0 Å². The quantitative estimate of drug-likeness (QED) is 0.492. The molecule has 0 bridgehead atoms. The number of ether oxygens (including phenoxy) is 1. The molecule has 19 heavy (non-hydrogen) atoms. The third-order valence-electron chi connectivity index (χ3n) is 3.27. The Balaban J connectivity index is 3.11. The highest BCUT2D eigenvalue weighted by molar-refractivity contribution is 9.10. The zero-order valence-electron chi connectivity index (χ0n) is 11.7. The van der Waals surface area contributed by atoms with Gasteiger partial charge < -0.3 is 4.74 Å². The number of rotatable bonds is 7. The number of hydrogen-bond acceptors (Lipinski definition) is 1. The fourth-order valence-corrected chi connectivity index (χ4v) is 3.84. The highest BCUT2D eigenvalue weighted by Gasteiger charge is 2.24. The normalized spacial score (nSPS) is 12.8. The summed E-state index contributed by atoms with van der Waals surface area (Å²) in [5.41, 5.74) is 0.982. The Labute approximate surface area is 134 Å². The first kappa shape index (κ1) is 17.1. The molecule has 0 aliphatic rings. The molecule has 1 aromatic carbocycles. The van der Waals surface area contributed by atoms with E-state index in [1.807, 2.05) is 12.1 Å². The van der Waals surface area contributed by atoms with Crippen molar-refractivity contribution in [2.45, 2.75) is 44.9 Å². The van der Waals surface area contributed by atoms with E-state index in [1.54, 1.807) is 7.11 Å². The van der Waals surface area contributed by atoms with Crippen LogP contribution in [0.5, 0.6) is 5.75 Å². The van der Waals surface area contributed by atoms with Crippen LogP contribution in [0.25, 0.3) is 0 Å². The van der Waals surface area contributed by atoms with Gasteiger partial charge in [0.05, 0.1) is 17.0 Å². The molecule has 4 heteroatoms. The third-order valence-corrected chi connectivity index (χ3v) is 4.67. The Bertz CT molecular complexity index is 403. The topological polar surface area (TPSA) is 9.23 Å². The van der Waals surface area contributed by atoms with Crippen molar-refractivity contribution in [2.24, 2.45) is 5.92 Å². The summed E-state index contributed by atoms with van der Waals surface area (Å²) in [5, 5.41) is 0.616. The summed E-state index contributed by atoms with van der Waals surface area (Å²) in [6.07, 6.45) is 4.51. The summed E-state index contributed by atoms with van der Waals surface area (Å²) in [6.45, 7) is 4.38. The zero-order valence-corrected chi connectivity index (χ0v) is 14.8. The van der Waals surface area contributed by atoms with Crippen molar-refractivity contribution in [1.29, 1.82) is 0 Å². The van der Waals surface area contributed by atoms with Crippen LogP contribution in [0, 0.1) is 5.92 Å². The molecule has 0 aromatic heterocycles. The SMILES string of the molecule is CCCC(CCC)C(Cl)c1cc(Cl)cc(Br)c1OC. The molecular formula is C15H21BrCl2O. The van der Waals surface area contributed by atoms with Crippen molar-refractivity contribution < 1.29 is 4.74 Å². The first-order chi connectivity index (χ1) is 9.04. The van der Waals surface area contributed by atoms with Crippen LogP contribution in [0.15, 0.2) is 16.6 Å². The molecule has 0 N–H and O–H groups in total. The largest absolute Gasteiger partial charge is 0.495 e. The summed E-state index contributed by atoms with van der Waals surface area (Å²) in [7, 11) is 1.66. The minimum Gasteiger partial charge on any atom is -0.495 e. The van der Waals surface area contributed by atoms with Crippen molar-refractivity contribution in [3.05, 3.63) is 27.2 Å². The van der Waals surface area contributed by atoms with E-state index >= 15 is 0 Å². The maximum absolute atomic E-state index is 6.70. The highest BCUT2D eigenvalue weighted by atomic mass is 79.9. The van der Waals surface area contributed by atoms with Crippen molar-refractivity contribution in [3.63, 3.8) is 0 Å². The molecule has 1 aromatic rings. The summed E-state index contributed by atoms with van der Waals surface area (Å²) in [6, 6.07) is 3.75. The van der Waals surface area contributed by atoms with Crippen LogP contribution in [0.2, 0.25) is 5.02 Å². The minimum atomic E-state index is -0.0650. The highest BCUT2D eigenvalue weighted by Crippen LogP contribution is 2.43. The van der Waals surface area contributed by atoms with Gasteiger partial charge in [-0.25, -0.2) is 0 Å². The molecule has 0 saturated heterocycles. The van der Waals surface area contributed by atoms with Crippen LogP contribution < -0.4 is 4.74 Å². The van der Waals surface area contributed by atoms with E-state index in [0.717, 1.165) is 41.5 Å². The standard InChI is InChI=1S/C15H21BrCl2O/c1-4-6-10(7-5-2)14(18)12-8-11(17)9-13(16)15(12)19-3/h8-10,14H,4-7H2,1-3H3. The summed E-state index contributed by atoms with van der Waals surface area (Å²) >= 11 is 16.3. The second kappa shape index (κ2) is 8.39. The van der Waals surface area contributed by atoms with E-state index < -0.39 is 0 Å². The van der Waals surface area contributed by atoms with Gasteiger partial charge in [-0.15, -0.1) is 11.6 Å². The minimum absolute atomic E-state index is 0.0650. The molecule has 1 nitrogen and oxygen atoms in total. The second-order valence-corrected chi connectivity index (χ2v) is 6.51. The van der Waals surface area contributed by atoms with Gasteiger partial charge in [-0.2, -0.15) is 0 Å². The fourth-order valence-electron chi connectivity index (χ4n) is 2.43. The van der Waals surface area contributed by atoms with Gasteiger partial charge >= 0.3 is 0 Å². The number of alkyl halides is 1. The number of halogens is 3. The van der Waals surface area contributed by atoms with Gasteiger partial charge in [0, 0.05) is 10.6 Å². The van der Waals surface area contributed by atoms with Gasteiger partial charge in [0.1, 0.15) is 5.75 Å². The molecule has 0 saturated carbocycles. The lowest BCUT2D eigenvalue weighted by Gasteiger charge is -2.24. The van der Waals surface area contributed by atoms with Gasteiger partial charge in [0.15, 0.2) is 0 Å². The monoisotopic (exact) mass is 366 g/mol. The lowest BCUT2D eigenvalue weighted by atomic mass is 9.90. The molecule has 1 unspecified atom stereocenters. The van der Waals surface area contributed by atoms with E-state index in [-0.39, 0.29) is 5.38 Å². The van der Waals surface area contributed by atoms with Gasteiger partial charge in [0.2, 0.25) is 0 Å². The Hall–Kier alpha value is 0.0800. The average molecular weight is 368 g/mol. The summed E-state index contributed by atoms with van der Waals surface area (Å²) < 4.78 is 6.33. The van der Waals surface area contributed by atoms with E-state index in [1.165, 1.54) is 0 Å². The second-order valence-electron chi connectivity index (χ2n) is 4.75. The number of methoxy groups -OCH3 is 1. The van der Waals surface area contributed by atoms with E-state index in [9.17, 15) is 0 Å². The van der Waals surface area contributed by atoms with Crippen LogP contribution >= 0.6 is 39.1 Å². The smallest absolute Gasteiger partial charge is 0.137 e. The van der Waals surface area contributed by atoms with Gasteiger partial charge in [-0.05, 0) is 46.8 Å². The predicted octanol–water partition coefficient (Wildman–Crippen LogP) is 6.61. The van der Waals surface area contributed by atoms with Crippen molar-refractivity contribution in [3.8, 4) is 5.75 Å². The maximum atomic E-state index is 6.70.